The van der Waals surface area contributed by atoms with E-state index in [1.54, 1.807) is 32.3 Å². The molecule has 0 saturated heterocycles. The first-order valence-corrected chi connectivity index (χ1v) is 5.78. The van der Waals surface area contributed by atoms with Crippen molar-refractivity contribution >= 4 is 17.5 Å². The summed E-state index contributed by atoms with van der Waals surface area (Å²) in [6, 6.07) is 5.20. The van der Waals surface area contributed by atoms with E-state index in [0.717, 1.165) is 5.69 Å². The van der Waals surface area contributed by atoms with E-state index in [2.05, 4.69) is 15.2 Å². The first kappa shape index (κ1) is 12.6. The third kappa shape index (κ3) is 2.22. The molecule has 2 heterocycles. The second-order valence-corrected chi connectivity index (χ2v) is 4.50. The average molecular weight is 265 g/mol. The lowest BCUT2D eigenvalue weighted by Crippen LogP contribution is -2.22. The molecule has 2 aromatic rings. The minimum absolute atomic E-state index is 0.153. The number of hydrogen-bond donors (Lipinski definition) is 1. The Morgan fingerprint density at radius 3 is 2.67 bits per heavy atom. The van der Waals surface area contributed by atoms with E-state index in [0.29, 0.717) is 22.1 Å². The van der Waals surface area contributed by atoms with Gasteiger partial charge in [0.05, 0.1) is 16.4 Å². The van der Waals surface area contributed by atoms with Crippen molar-refractivity contribution in [3.8, 4) is 11.4 Å². The maximum atomic E-state index is 11.8. The number of aromatic nitrogens is 3. The summed E-state index contributed by atoms with van der Waals surface area (Å²) in [6.45, 7) is 1.83. The monoisotopic (exact) mass is 264 g/mol. The standard InChI is InChI=1S/C12H13ClN4O/c1-7-10(13)11(16-15-7)8-5-4-6-9(14-8)12(18)17(2)3/h4-6H,1-3H3,(H,15,16). The molecule has 18 heavy (non-hydrogen) atoms. The number of nitrogens with zero attached hydrogens (tertiary/aromatic N) is 3. The third-order valence-corrected chi connectivity index (χ3v) is 2.95. The van der Waals surface area contributed by atoms with Gasteiger partial charge >= 0.3 is 0 Å². The summed E-state index contributed by atoms with van der Waals surface area (Å²) in [5, 5.41) is 7.40. The number of aromatic amines is 1. The van der Waals surface area contributed by atoms with Crippen LogP contribution in [0.1, 0.15) is 16.2 Å². The van der Waals surface area contributed by atoms with Crippen molar-refractivity contribution in [2.45, 2.75) is 6.92 Å². The van der Waals surface area contributed by atoms with Crippen LogP contribution in [0.2, 0.25) is 5.02 Å². The number of carbonyl (C=O) groups excluding carboxylic acids is 1. The highest BCUT2D eigenvalue weighted by Crippen LogP contribution is 2.26. The first-order valence-electron chi connectivity index (χ1n) is 5.40. The number of amides is 1. The summed E-state index contributed by atoms with van der Waals surface area (Å²) in [6.07, 6.45) is 0. The fraction of sp³-hybridized carbons (Fsp3) is 0.250. The zero-order valence-corrected chi connectivity index (χ0v) is 11.1. The van der Waals surface area contributed by atoms with Crippen LogP contribution in [0.25, 0.3) is 11.4 Å². The smallest absolute Gasteiger partial charge is 0.271 e. The molecular weight excluding hydrogens is 252 g/mol. The van der Waals surface area contributed by atoms with E-state index >= 15 is 0 Å². The minimum Gasteiger partial charge on any atom is -0.343 e. The van der Waals surface area contributed by atoms with Crippen LogP contribution in [0.3, 0.4) is 0 Å². The molecule has 5 nitrogen and oxygen atoms in total. The van der Waals surface area contributed by atoms with Crippen LogP contribution < -0.4 is 0 Å². The van der Waals surface area contributed by atoms with Gasteiger partial charge in [0.2, 0.25) is 0 Å². The fourth-order valence-corrected chi connectivity index (χ4v) is 1.68. The van der Waals surface area contributed by atoms with Gasteiger partial charge in [0.15, 0.2) is 0 Å². The zero-order valence-electron chi connectivity index (χ0n) is 10.4. The van der Waals surface area contributed by atoms with E-state index in [4.69, 9.17) is 11.6 Å². The second-order valence-electron chi connectivity index (χ2n) is 4.12. The van der Waals surface area contributed by atoms with Crippen LogP contribution in [0, 0.1) is 6.92 Å². The van der Waals surface area contributed by atoms with Gasteiger partial charge in [0.25, 0.3) is 5.91 Å². The molecule has 0 radical (unpaired) electrons. The maximum absolute atomic E-state index is 11.8. The zero-order chi connectivity index (χ0) is 13.3. The maximum Gasteiger partial charge on any atom is 0.271 e. The van der Waals surface area contributed by atoms with E-state index in [-0.39, 0.29) is 5.91 Å². The molecule has 0 unspecified atom stereocenters. The van der Waals surface area contributed by atoms with Crippen molar-refractivity contribution in [3.63, 3.8) is 0 Å². The van der Waals surface area contributed by atoms with Gasteiger partial charge in [0.1, 0.15) is 11.4 Å². The third-order valence-electron chi connectivity index (χ3n) is 2.49. The predicted molar refractivity (Wildman–Crippen MR) is 69.6 cm³/mol. The van der Waals surface area contributed by atoms with Gasteiger partial charge in [-0.05, 0) is 19.1 Å². The highest BCUT2D eigenvalue weighted by atomic mass is 35.5. The van der Waals surface area contributed by atoms with E-state index in [1.807, 2.05) is 6.92 Å². The van der Waals surface area contributed by atoms with Gasteiger partial charge in [0, 0.05) is 14.1 Å². The van der Waals surface area contributed by atoms with Crippen molar-refractivity contribution in [3.05, 3.63) is 34.6 Å². The molecule has 6 heteroatoms. The Morgan fingerprint density at radius 2 is 2.11 bits per heavy atom. The molecule has 0 bridgehead atoms. The Balaban J connectivity index is 2.45. The van der Waals surface area contributed by atoms with Gasteiger partial charge < -0.3 is 4.90 Å². The lowest BCUT2D eigenvalue weighted by Gasteiger charge is -2.09. The second kappa shape index (κ2) is 4.78. The number of halogens is 1. The molecule has 0 fully saturated rings. The van der Waals surface area contributed by atoms with E-state index in [1.165, 1.54) is 4.90 Å². The summed E-state index contributed by atoms with van der Waals surface area (Å²) >= 11 is 6.11. The van der Waals surface area contributed by atoms with Crippen molar-refractivity contribution < 1.29 is 4.79 Å². The largest absolute Gasteiger partial charge is 0.343 e. The summed E-state index contributed by atoms with van der Waals surface area (Å²) in [5.74, 6) is -0.153. The molecule has 1 N–H and O–H groups in total. The van der Waals surface area contributed by atoms with Crippen molar-refractivity contribution in [1.82, 2.24) is 20.1 Å². The van der Waals surface area contributed by atoms with Gasteiger partial charge in [-0.15, -0.1) is 0 Å². The molecule has 0 spiro atoms. The Morgan fingerprint density at radius 1 is 1.39 bits per heavy atom. The highest BCUT2D eigenvalue weighted by molar-refractivity contribution is 6.33. The Hall–Kier alpha value is -1.88. The minimum atomic E-state index is -0.153. The molecule has 1 amide bonds. The molecule has 0 aliphatic carbocycles. The Bertz CT molecular complexity index is 592. The Kier molecular flexibility index (Phi) is 3.34. The molecular formula is C12H13ClN4O. The molecule has 0 aliphatic heterocycles. The molecule has 94 valence electrons. The molecule has 0 saturated carbocycles. The van der Waals surface area contributed by atoms with E-state index in [9.17, 15) is 4.79 Å². The summed E-state index contributed by atoms with van der Waals surface area (Å²) in [5.41, 5.74) is 2.28. The van der Waals surface area contributed by atoms with Crippen LogP contribution in [-0.4, -0.2) is 40.1 Å². The summed E-state index contributed by atoms with van der Waals surface area (Å²) in [4.78, 5) is 17.6. The quantitative estimate of drug-likeness (QED) is 0.904. The molecule has 0 atom stereocenters. The van der Waals surface area contributed by atoms with Gasteiger partial charge in [-0.3, -0.25) is 9.89 Å². The van der Waals surface area contributed by atoms with Crippen LogP contribution in [-0.2, 0) is 0 Å². The number of H-pyrrole nitrogens is 1. The van der Waals surface area contributed by atoms with Gasteiger partial charge in [-0.2, -0.15) is 5.10 Å². The van der Waals surface area contributed by atoms with Crippen molar-refractivity contribution in [1.29, 1.82) is 0 Å². The predicted octanol–water partition coefficient (Wildman–Crippen LogP) is 2.14. The average Bonchev–Trinajstić information content (AvgIpc) is 2.69. The SMILES string of the molecule is Cc1[nH]nc(-c2cccc(C(=O)N(C)C)n2)c1Cl. The van der Waals surface area contributed by atoms with Crippen LogP contribution in [0.5, 0.6) is 0 Å². The first-order chi connectivity index (χ1) is 8.50. The number of aryl methyl sites for hydroxylation is 1. The number of rotatable bonds is 2. The lowest BCUT2D eigenvalue weighted by molar-refractivity contribution is 0.0822. The molecule has 0 aliphatic rings. The normalized spacial score (nSPS) is 10.4. The van der Waals surface area contributed by atoms with Crippen molar-refractivity contribution in [2.75, 3.05) is 14.1 Å². The summed E-state index contributed by atoms with van der Waals surface area (Å²) < 4.78 is 0. The van der Waals surface area contributed by atoms with Gasteiger partial charge in [-0.25, -0.2) is 4.98 Å². The summed E-state index contributed by atoms with van der Waals surface area (Å²) in [7, 11) is 3.37. The Labute approximate surface area is 110 Å². The molecule has 2 aromatic heterocycles. The number of pyridine rings is 1. The fourth-order valence-electron chi connectivity index (χ4n) is 1.50. The number of carbonyl (C=O) groups is 1. The molecule has 2 rings (SSSR count). The van der Waals surface area contributed by atoms with Crippen molar-refractivity contribution in [2.24, 2.45) is 0 Å². The topological polar surface area (TPSA) is 61.9 Å². The number of nitrogens with one attached hydrogen (secondary N) is 1. The number of hydrogen-bond acceptors (Lipinski definition) is 3. The molecule has 0 aromatic carbocycles. The van der Waals surface area contributed by atoms with Crippen LogP contribution in [0.4, 0.5) is 0 Å². The van der Waals surface area contributed by atoms with Crippen LogP contribution in [0.15, 0.2) is 18.2 Å². The van der Waals surface area contributed by atoms with E-state index < -0.39 is 0 Å². The lowest BCUT2D eigenvalue weighted by atomic mass is 10.2. The highest BCUT2D eigenvalue weighted by Gasteiger charge is 2.14. The van der Waals surface area contributed by atoms with Crippen LogP contribution >= 0.6 is 11.6 Å². The van der Waals surface area contributed by atoms with Gasteiger partial charge in [-0.1, -0.05) is 17.7 Å².